The number of benzene rings is 1. The summed E-state index contributed by atoms with van der Waals surface area (Å²) in [5.74, 6) is 0.230. The van der Waals surface area contributed by atoms with E-state index in [9.17, 15) is 5.11 Å². The summed E-state index contributed by atoms with van der Waals surface area (Å²) in [5, 5.41) is 13.7. The molecule has 1 aliphatic rings. The number of aryl methyl sites for hydroxylation is 1. The minimum atomic E-state index is -0.00819. The first-order valence-corrected chi connectivity index (χ1v) is 5.37. The number of hydrogen-bond donors (Lipinski definition) is 2. The number of ether oxygens (including phenoxy) is 1. The fourth-order valence-corrected chi connectivity index (χ4v) is 2.07. The molecular formula is C11H14ClNO2. The van der Waals surface area contributed by atoms with Gasteiger partial charge in [-0.2, -0.15) is 0 Å². The molecule has 4 heteroatoms. The molecule has 0 amide bonds. The second-order valence-corrected chi connectivity index (χ2v) is 4.09. The van der Waals surface area contributed by atoms with Gasteiger partial charge in [0.05, 0.1) is 24.3 Å². The zero-order valence-corrected chi connectivity index (χ0v) is 9.34. The normalized spacial score (nSPS) is 21.6. The Balaban J connectivity index is 2.36. The molecule has 1 aliphatic heterocycles. The Hall–Kier alpha value is -0.770. The highest BCUT2D eigenvalue weighted by atomic mass is 35.5. The molecule has 1 heterocycles. The molecule has 1 saturated heterocycles. The summed E-state index contributed by atoms with van der Waals surface area (Å²) >= 11 is 6.18. The molecule has 82 valence electrons. The van der Waals surface area contributed by atoms with Gasteiger partial charge in [-0.1, -0.05) is 17.7 Å². The standard InChI is InChI=1S/C11H14ClNO2/c1-7-2-3-9(14)10(11(7)12)8-6-15-5-4-13-8/h2-3,8,13-14H,4-6H2,1H3. The predicted molar refractivity (Wildman–Crippen MR) is 59.4 cm³/mol. The number of phenols is 1. The number of hydrogen-bond acceptors (Lipinski definition) is 3. The maximum Gasteiger partial charge on any atom is 0.121 e. The Labute approximate surface area is 94.0 Å². The van der Waals surface area contributed by atoms with Gasteiger partial charge in [0, 0.05) is 12.1 Å². The molecule has 1 unspecified atom stereocenters. The third kappa shape index (κ3) is 2.09. The van der Waals surface area contributed by atoms with Gasteiger partial charge in [0.15, 0.2) is 0 Å². The fraction of sp³-hybridized carbons (Fsp3) is 0.455. The van der Waals surface area contributed by atoms with Gasteiger partial charge >= 0.3 is 0 Å². The second-order valence-electron chi connectivity index (χ2n) is 3.71. The quantitative estimate of drug-likeness (QED) is 0.771. The summed E-state index contributed by atoms with van der Waals surface area (Å²) in [6.45, 7) is 3.97. The van der Waals surface area contributed by atoms with Crippen LogP contribution in [0.5, 0.6) is 5.75 Å². The van der Waals surface area contributed by atoms with E-state index in [2.05, 4.69) is 5.32 Å². The molecule has 3 nitrogen and oxygen atoms in total. The molecule has 0 aliphatic carbocycles. The van der Waals surface area contributed by atoms with Crippen molar-refractivity contribution in [2.24, 2.45) is 0 Å². The van der Waals surface area contributed by atoms with Crippen molar-refractivity contribution in [2.45, 2.75) is 13.0 Å². The molecule has 2 N–H and O–H groups in total. The van der Waals surface area contributed by atoms with E-state index in [1.165, 1.54) is 0 Å². The van der Waals surface area contributed by atoms with Gasteiger partial charge in [-0.25, -0.2) is 0 Å². The van der Waals surface area contributed by atoms with Crippen LogP contribution in [0.15, 0.2) is 12.1 Å². The van der Waals surface area contributed by atoms with Gasteiger partial charge in [0.2, 0.25) is 0 Å². The first-order chi connectivity index (χ1) is 7.20. The van der Waals surface area contributed by atoms with Crippen LogP contribution in [-0.2, 0) is 4.74 Å². The van der Waals surface area contributed by atoms with Crippen molar-refractivity contribution in [3.05, 3.63) is 28.3 Å². The minimum absolute atomic E-state index is 0.00819. The highest BCUT2D eigenvalue weighted by Gasteiger charge is 2.21. The SMILES string of the molecule is Cc1ccc(O)c(C2COCCN2)c1Cl. The van der Waals surface area contributed by atoms with Crippen molar-refractivity contribution in [3.8, 4) is 5.75 Å². The Morgan fingerprint density at radius 3 is 3.00 bits per heavy atom. The smallest absolute Gasteiger partial charge is 0.121 e. The van der Waals surface area contributed by atoms with Gasteiger partial charge in [-0.3, -0.25) is 0 Å². The lowest BCUT2D eigenvalue weighted by atomic mass is 10.0. The molecule has 0 bridgehead atoms. The van der Waals surface area contributed by atoms with E-state index in [0.29, 0.717) is 18.2 Å². The molecular weight excluding hydrogens is 214 g/mol. The van der Waals surface area contributed by atoms with Gasteiger partial charge in [-0.15, -0.1) is 0 Å². The van der Waals surface area contributed by atoms with Gasteiger partial charge in [-0.05, 0) is 18.6 Å². The van der Waals surface area contributed by atoms with Crippen LogP contribution in [-0.4, -0.2) is 24.9 Å². The van der Waals surface area contributed by atoms with Crippen molar-refractivity contribution >= 4 is 11.6 Å². The number of aromatic hydroxyl groups is 1. The summed E-state index contributed by atoms with van der Waals surface area (Å²) in [4.78, 5) is 0. The zero-order valence-electron chi connectivity index (χ0n) is 8.59. The van der Waals surface area contributed by atoms with Crippen LogP contribution in [0.4, 0.5) is 0 Å². The van der Waals surface area contributed by atoms with Crippen molar-refractivity contribution in [1.29, 1.82) is 0 Å². The summed E-state index contributed by atoms with van der Waals surface area (Å²) < 4.78 is 5.35. The molecule has 1 aromatic rings. The monoisotopic (exact) mass is 227 g/mol. The third-order valence-corrected chi connectivity index (χ3v) is 3.12. The molecule has 1 atom stereocenters. The molecule has 0 radical (unpaired) electrons. The van der Waals surface area contributed by atoms with E-state index in [4.69, 9.17) is 16.3 Å². The largest absolute Gasteiger partial charge is 0.508 e. The van der Waals surface area contributed by atoms with Crippen molar-refractivity contribution in [2.75, 3.05) is 19.8 Å². The molecule has 0 aromatic heterocycles. The van der Waals surface area contributed by atoms with Crippen molar-refractivity contribution < 1.29 is 9.84 Å². The average molecular weight is 228 g/mol. The average Bonchev–Trinajstić information content (AvgIpc) is 2.26. The molecule has 15 heavy (non-hydrogen) atoms. The number of halogens is 1. The highest BCUT2D eigenvalue weighted by molar-refractivity contribution is 6.32. The van der Waals surface area contributed by atoms with Crippen LogP contribution in [0.1, 0.15) is 17.2 Å². The lowest BCUT2D eigenvalue weighted by Gasteiger charge is -2.26. The second kappa shape index (κ2) is 4.39. The van der Waals surface area contributed by atoms with E-state index < -0.39 is 0 Å². The van der Waals surface area contributed by atoms with E-state index >= 15 is 0 Å². The lowest BCUT2D eigenvalue weighted by Crippen LogP contribution is -2.34. The molecule has 2 rings (SSSR count). The zero-order chi connectivity index (χ0) is 10.8. The molecule has 0 saturated carbocycles. The van der Waals surface area contributed by atoms with Crippen LogP contribution in [0.2, 0.25) is 5.02 Å². The van der Waals surface area contributed by atoms with Crippen molar-refractivity contribution in [3.63, 3.8) is 0 Å². The van der Waals surface area contributed by atoms with E-state index in [-0.39, 0.29) is 11.8 Å². The summed E-state index contributed by atoms with van der Waals surface area (Å²) in [6.07, 6.45) is 0. The topological polar surface area (TPSA) is 41.5 Å². The van der Waals surface area contributed by atoms with Crippen molar-refractivity contribution in [1.82, 2.24) is 5.32 Å². The van der Waals surface area contributed by atoms with Crippen LogP contribution in [0.3, 0.4) is 0 Å². The van der Waals surface area contributed by atoms with Crippen LogP contribution < -0.4 is 5.32 Å². The fourth-order valence-electron chi connectivity index (χ4n) is 1.77. The number of phenolic OH excluding ortho intramolecular Hbond substituents is 1. The summed E-state index contributed by atoms with van der Waals surface area (Å²) in [5.41, 5.74) is 1.72. The molecule has 1 aromatic carbocycles. The Kier molecular flexibility index (Phi) is 3.14. The highest BCUT2D eigenvalue weighted by Crippen LogP contribution is 2.34. The van der Waals surface area contributed by atoms with E-state index in [0.717, 1.165) is 17.7 Å². The molecule has 0 spiro atoms. The Morgan fingerprint density at radius 1 is 1.53 bits per heavy atom. The van der Waals surface area contributed by atoms with Gasteiger partial charge in [0.1, 0.15) is 5.75 Å². The number of rotatable bonds is 1. The van der Waals surface area contributed by atoms with Gasteiger partial charge < -0.3 is 15.2 Å². The van der Waals surface area contributed by atoms with Crippen LogP contribution in [0, 0.1) is 6.92 Å². The number of nitrogens with one attached hydrogen (secondary N) is 1. The Morgan fingerprint density at radius 2 is 2.33 bits per heavy atom. The first kappa shape index (κ1) is 10.7. The molecule has 1 fully saturated rings. The Bertz CT molecular complexity index is 362. The maximum absolute atomic E-state index is 9.79. The van der Waals surface area contributed by atoms with E-state index in [1.54, 1.807) is 6.07 Å². The van der Waals surface area contributed by atoms with Crippen LogP contribution >= 0.6 is 11.6 Å². The third-order valence-electron chi connectivity index (χ3n) is 2.62. The van der Waals surface area contributed by atoms with Gasteiger partial charge in [0.25, 0.3) is 0 Å². The summed E-state index contributed by atoms with van der Waals surface area (Å²) in [7, 11) is 0. The lowest BCUT2D eigenvalue weighted by molar-refractivity contribution is 0.0761. The summed E-state index contributed by atoms with van der Waals surface area (Å²) in [6, 6.07) is 3.48. The van der Waals surface area contributed by atoms with E-state index in [1.807, 2.05) is 13.0 Å². The first-order valence-electron chi connectivity index (χ1n) is 4.99. The minimum Gasteiger partial charge on any atom is -0.508 e. The van der Waals surface area contributed by atoms with Crippen LogP contribution in [0.25, 0.3) is 0 Å². The maximum atomic E-state index is 9.79. The predicted octanol–water partition coefficient (Wildman–Crippen LogP) is 2.01. The number of morpholine rings is 1.